The molecule has 1 aromatic rings. The smallest absolute Gasteiger partial charge is 0.249 e. The summed E-state index contributed by atoms with van der Waals surface area (Å²) in [6, 6.07) is 5.08. The predicted octanol–water partition coefficient (Wildman–Crippen LogP) is 1.33. The second-order valence-corrected chi connectivity index (χ2v) is 3.16. The standard InChI is InChI=1S/C10H10N4O.C2H6/c1-5-8-6(9(11)15)3-2-4-7(8)14-10(12)13-5;1-2/h2-4H,1H2,(H2,11,15)(H3,12,13,14);1-2H3. The second kappa shape index (κ2) is 5.16. The van der Waals surface area contributed by atoms with Crippen LogP contribution in [-0.2, 0) is 0 Å². The average Bonchev–Trinajstić information content (AvgIpc) is 2.30. The van der Waals surface area contributed by atoms with E-state index in [1.54, 1.807) is 18.2 Å². The van der Waals surface area contributed by atoms with E-state index in [9.17, 15) is 4.79 Å². The quantitative estimate of drug-likeness (QED) is 0.681. The molecule has 0 aromatic heterocycles. The number of aliphatic imine (C=N–C) groups is 1. The van der Waals surface area contributed by atoms with Crippen molar-refractivity contribution in [2.75, 3.05) is 0 Å². The van der Waals surface area contributed by atoms with Crippen molar-refractivity contribution in [3.05, 3.63) is 35.9 Å². The number of primary amides is 1. The zero-order valence-corrected chi connectivity index (χ0v) is 9.95. The number of amides is 1. The van der Waals surface area contributed by atoms with Gasteiger partial charge in [0.1, 0.15) is 0 Å². The molecule has 1 amide bonds. The molecule has 2 rings (SSSR count). The first-order chi connectivity index (χ1) is 8.09. The molecule has 5 nitrogen and oxygen atoms in total. The molecule has 0 saturated heterocycles. The molecule has 0 unspecified atom stereocenters. The Morgan fingerprint density at radius 3 is 2.65 bits per heavy atom. The van der Waals surface area contributed by atoms with Crippen molar-refractivity contribution in [3.8, 4) is 0 Å². The van der Waals surface area contributed by atoms with Gasteiger partial charge in [0.15, 0.2) is 5.96 Å². The monoisotopic (exact) mass is 232 g/mol. The van der Waals surface area contributed by atoms with Crippen LogP contribution in [0.15, 0.2) is 29.8 Å². The lowest BCUT2D eigenvalue weighted by Gasteiger charge is -2.19. The van der Waals surface area contributed by atoms with Gasteiger partial charge in [0.25, 0.3) is 0 Å². The Balaban J connectivity index is 0.000000686. The molecule has 0 radical (unpaired) electrons. The Morgan fingerprint density at radius 2 is 2.06 bits per heavy atom. The number of fused-ring (bicyclic) bond motifs is 1. The summed E-state index contributed by atoms with van der Waals surface area (Å²) in [5.41, 5.74) is 12.9. The van der Waals surface area contributed by atoms with Crippen molar-refractivity contribution in [2.24, 2.45) is 16.5 Å². The largest absolute Gasteiger partial charge is 0.369 e. The number of hydrogen-bond donors (Lipinski definition) is 3. The van der Waals surface area contributed by atoms with Crippen LogP contribution in [0, 0.1) is 0 Å². The van der Waals surface area contributed by atoms with Crippen molar-refractivity contribution in [1.82, 2.24) is 5.32 Å². The van der Waals surface area contributed by atoms with Crippen molar-refractivity contribution in [3.63, 3.8) is 0 Å². The number of carbonyl (C=O) groups excluding carboxylic acids is 1. The molecule has 0 bridgehead atoms. The Hall–Kier alpha value is -2.30. The van der Waals surface area contributed by atoms with E-state index >= 15 is 0 Å². The van der Waals surface area contributed by atoms with E-state index in [0.29, 0.717) is 22.5 Å². The van der Waals surface area contributed by atoms with E-state index in [1.807, 2.05) is 13.8 Å². The summed E-state index contributed by atoms with van der Waals surface area (Å²) in [4.78, 5) is 15.2. The molecule has 0 saturated carbocycles. The topological polar surface area (TPSA) is 93.5 Å². The number of guanidine groups is 1. The van der Waals surface area contributed by atoms with Crippen LogP contribution in [0.2, 0.25) is 0 Å². The lowest BCUT2D eigenvalue weighted by Crippen LogP contribution is -2.33. The summed E-state index contributed by atoms with van der Waals surface area (Å²) >= 11 is 0. The highest BCUT2D eigenvalue weighted by molar-refractivity contribution is 6.04. The summed E-state index contributed by atoms with van der Waals surface area (Å²) in [6.45, 7) is 7.77. The maximum atomic E-state index is 11.2. The number of hydrogen-bond acceptors (Lipinski definition) is 4. The van der Waals surface area contributed by atoms with Gasteiger partial charge >= 0.3 is 0 Å². The fraction of sp³-hybridized carbons (Fsp3) is 0.167. The van der Waals surface area contributed by atoms with E-state index in [-0.39, 0.29) is 5.96 Å². The highest BCUT2D eigenvalue weighted by Crippen LogP contribution is 2.30. The Labute approximate surface area is 100 Å². The summed E-state index contributed by atoms with van der Waals surface area (Å²) in [5, 5.41) is 2.76. The van der Waals surface area contributed by atoms with Gasteiger partial charge in [-0.2, -0.15) is 0 Å². The van der Waals surface area contributed by atoms with E-state index < -0.39 is 5.91 Å². The molecular weight excluding hydrogens is 216 g/mol. The number of nitrogens with two attached hydrogens (primary N) is 2. The highest BCUT2D eigenvalue weighted by atomic mass is 16.1. The van der Waals surface area contributed by atoms with Gasteiger partial charge in [-0.3, -0.25) is 4.79 Å². The lowest BCUT2D eigenvalue weighted by atomic mass is 10.0. The SMILES string of the molecule is C=C1NC(N)=Nc2cccc(C(N)=O)c21.CC. The Bertz CT molecular complexity index is 491. The molecule has 0 spiro atoms. The maximum absolute atomic E-state index is 11.2. The minimum absolute atomic E-state index is 0.258. The molecule has 0 fully saturated rings. The maximum Gasteiger partial charge on any atom is 0.249 e. The number of nitrogens with one attached hydrogen (secondary N) is 1. The number of nitrogens with zero attached hydrogens (tertiary/aromatic N) is 1. The number of rotatable bonds is 1. The lowest BCUT2D eigenvalue weighted by molar-refractivity contribution is 0.1000. The Morgan fingerprint density at radius 1 is 1.41 bits per heavy atom. The van der Waals surface area contributed by atoms with Crippen LogP contribution in [0.3, 0.4) is 0 Å². The first kappa shape index (κ1) is 12.8. The van der Waals surface area contributed by atoms with E-state index in [2.05, 4.69) is 16.9 Å². The zero-order valence-electron chi connectivity index (χ0n) is 9.95. The van der Waals surface area contributed by atoms with Crippen LogP contribution in [-0.4, -0.2) is 11.9 Å². The fourth-order valence-electron chi connectivity index (χ4n) is 1.53. The van der Waals surface area contributed by atoms with Crippen LogP contribution < -0.4 is 16.8 Å². The van der Waals surface area contributed by atoms with Gasteiger partial charge < -0.3 is 16.8 Å². The number of carbonyl (C=O) groups is 1. The highest BCUT2D eigenvalue weighted by Gasteiger charge is 2.18. The normalized spacial score (nSPS) is 12.6. The van der Waals surface area contributed by atoms with Crippen LogP contribution in [0.4, 0.5) is 5.69 Å². The van der Waals surface area contributed by atoms with Crippen molar-refractivity contribution in [1.29, 1.82) is 0 Å². The van der Waals surface area contributed by atoms with E-state index in [0.717, 1.165) is 0 Å². The summed E-state index contributed by atoms with van der Waals surface area (Å²) < 4.78 is 0. The summed E-state index contributed by atoms with van der Waals surface area (Å²) in [6.07, 6.45) is 0. The van der Waals surface area contributed by atoms with Crippen LogP contribution in [0.5, 0.6) is 0 Å². The van der Waals surface area contributed by atoms with Crippen molar-refractivity contribution in [2.45, 2.75) is 13.8 Å². The van der Waals surface area contributed by atoms with Gasteiger partial charge in [0, 0.05) is 11.3 Å². The Kier molecular flexibility index (Phi) is 3.87. The molecule has 0 aliphatic carbocycles. The van der Waals surface area contributed by atoms with Gasteiger partial charge in [-0.25, -0.2) is 4.99 Å². The minimum Gasteiger partial charge on any atom is -0.369 e. The number of benzene rings is 1. The third-order valence-electron chi connectivity index (χ3n) is 2.13. The molecule has 1 aliphatic rings. The first-order valence-corrected chi connectivity index (χ1v) is 5.33. The fourth-order valence-corrected chi connectivity index (χ4v) is 1.53. The predicted molar refractivity (Wildman–Crippen MR) is 69.8 cm³/mol. The van der Waals surface area contributed by atoms with Gasteiger partial charge in [0.2, 0.25) is 5.91 Å². The third kappa shape index (κ3) is 2.44. The van der Waals surface area contributed by atoms with Crippen molar-refractivity contribution < 1.29 is 4.79 Å². The summed E-state index contributed by atoms with van der Waals surface area (Å²) in [5.74, 6) is -0.250. The molecule has 1 aromatic carbocycles. The third-order valence-corrected chi connectivity index (χ3v) is 2.13. The van der Waals surface area contributed by atoms with Gasteiger partial charge in [-0.05, 0) is 12.1 Å². The molecule has 0 atom stereocenters. The first-order valence-electron chi connectivity index (χ1n) is 5.33. The molecule has 17 heavy (non-hydrogen) atoms. The van der Waals surface area contributed by atoms with Gasteiger partial charge in [0.05, 0.1) is 11.3 Å². The van der Waals surface area contributed by atoms with Crippen LogP contribution >= 0.6 is 0 Å². The minimum atomic E-state index is -0.509. The molecular formula is C12H16N4O. The molecule has 5 heteroatoms. The average molecular weight is 232 g/mol. The molecule has 1 aliphatic heterocycles. The molecule has 5 N–H and O–H groups in total. The summed E-state index contributed by atoms with van der Waals surface area (Å²) in [7, 11) is 0. The van der Waals surface area contributed by atoms with Crippen LogP contribution in [0.25, 0.3) is 5.70 Å². The molecule has 1 heterocycles. The second-order valence-electron chi connectivity index (χ2n) is 3.16. The van der Waals surface area contributed by atoms with Gasteiger partial charge in [-0.15, -0.1) is 0 Å². The van der Waals surface area contributed by atoms with E-state index in [1.165, 1.54) is 0 Å². The van der Waals surface area contributed by atoms with E-state index in [4.69, 9.17) is 11.5 Å². The van der Waals surface area contributed by atoms with Gasteiger partial charge in [-0.1, -0.05) is 26.5 Å². The molecule has 90 valence electrons. The van der Waals surface area contributed by atoms with Crippen molar-refractivity contribution >= 4 is 23.3 Å². The zero-order chi connectivity index (χ0) is 13.0. The van der Waals surface area contributed by atoms with Crippen LogP contribution in [0.1, 0.15) is 29.8 Å².